The molecule has 20 heavy (non-hydrogen) atoms. The molecular formula is C14H18FNO4. The van der Waals surface area contributed by atoms with Crippen LogP contribution in [0.4, 0.5) is 4.39 Å². The van der Waals surface area contributed by atoms with Crippen LogP contribution in [-0.2, 0) is 4.79 Å². The topological polar surface area (TPSA) is 75.6 Å². The Balaban J connectivity index is 3.04. The summed E-state index contributed by atoms with van der Waals surface area (Å²) in [4.78, 5) is 23.3. The fourth-order valence-electron chi connectivity index (χ4n) is 1.79. The zero-order chi connectivity index (χ0) is 15.3. The maximum atomic E-state index is 13.7. The first-order valence-electron chi connectivity index (χ1n) is 6.28. The maximum absolute atomic E-state index is 13.7. The van der Waals surface area contributed by atoms with Crippen molar-refractivity contribution in [2.75, 3.05) is 7.11 Å². The molecule has 0 spiro atoms. The minimum atomic E-state index is -1.15. The molecule has 0 aliphatic heterocycles. The van der Waals surface area contributed by atoms with Crippen LogP contribution in [0.15, 0.2) is 18.2 Å². The van der Waals surface area contributed by atoms with E-state index in [2.05, 4.69) is 5.32 Å². The summed E-state index contributed by atoms with van der Waals surface area (Å²) in [5.74, 6) is -2.91. The van der Waals surface area contributed by atoms with Crippen LogP contribution >= 0.6 is 0 Å². The van der Waals surface area contributed by atoms with Crippen LogP contribution in [-0.4, -0.2) is 30.1 Å². The number of carbonyl (C=O) groups is 2. The van der Waals surface area contributed by atoms with Gasteiger partial charge in [-0.05, 0) is 18.1 Å². The minimum absolute atomic E-state index is 0.0655. The number of amides is 1. The summed E-state index contributed by atoms with van der Waals surface area (Å²) in [6, 6.07) is 2.90. The van der Waals surface area contributed by atoms with Crippen molar-refractivity contribution in [1.29, 1.82) is 0 Å². The molecule has 1 unspecified atom stereocenters. The van der Waals surface area contributed by atoms with Crippen molar-refractivity contribution in [3.05, 3.63) is 29.6 Å². The molecule has 1 rings (SSSR count). The number of ether oxygens (including phenoxy) is 1. The van der Waals surface area contributed by atoms with Gasteiger partial charge in [-0.3, -0.25) is 4.79 Å². The van der Waals surface area contributed by atoms with E-state index in [1.807, 2.05) is 6.92 Å². The molecule has 0 bridgehead atoms. The van der Waals surface area contributed by atoms with Gasteiger partial charge >= 0.3 is 5.97 Å². The molecule has 0 fully saturated rings. The number of hydrogen-bond donors (Lipinski definition) is 2. The van der Waals surface area contributed by atoms with Crippen LogP contribution in [0.25, 0.3) is 0 Å². The largest absolute Gasteiger partial charge is 0.496 e. The lowest BCUT2D eigenvalue weighted by atomic mass is 9.99. The highest BCUT2D eigenvalue weighted by Crippen LogP contribution is 2.21. The van der Waals surface area contributed by atoms with Gasteiger partial charge in [-0.2, -0.15) is 0 Å². The average molecular weight is 283 g/mol. The van der Waals surface area contributed by atoms with Gasteiger partial charge in [0.2, 0.25) is 0 Å². The second-order valence-corrected chi connectivity index (χ2v) is 4.49. The van der Waals surface area contributed by atoms with Gasteiger partial charge < -0.3 is 15.2 Å². The number of carbonyl (C=O) groups excluding carboxylic acids is 1. The standard InChI is InChI=1S/C14H18FNO4/c1-4-8(2)12(14(18)19)16-13(17)11-9(15)6-5-7-10(11)20-3/h5-8,12H,4H2,1-3H3,(H,16,17)(H,18,19)/t8?,12-/m0/s1. The number of hydrogen-bond acceptors (Lipinski definition) is 3. The quantitative estimate of drug-likeness (QED) is 0.838. The zero-order valence-corrected chi connectivity index (χ0v) is 11.6. The summed E-state index contributed by atoms with van der Waals surface area (Å²) in [7, 11) is 1.31. The van der Waals surface area contributed by atoms with Gasteiger partial charge in [0.25, 0.3) is 5.91 Å². The second-order valence-electron chi connectivity index (χ2n) is 4.49. The van der Waals surface area contributed by atoms with E-state index in [9.17, 15) is 14.0 Å². The lowest BCUT2D eigenvalue weighted by Gasteiger charge is -2.20. The van der Waals surface area contributed by atoms with E-state index in [0.717, 1.165) is 6.07 Å². The Kier molecular flexibility index (Phi) is 5.49. The molecule has 2 N–H and O–H groups in total. The summed E-state index contributed by atoms with van der Waals surface area (Å²) in [5.41, 5.74) is -0.287. The molecule has 0 aliphatic carbocycles. The highest BCUT2D eigenvalue weighted by molar-refractivity contribution is 5.99. The van der Waals surface area contributed by atoms with Crippen LogP contribution in [0, 0.1) is 11.7 Å². The molecule has 1 amide bonds. The summed E-state index contributed by atoms with van der Waals surface area (Å²) < 4.78 is 18.7. The Morgan fingerprint density at radius 2 is 2.10 bits per heavy atom. The third-order valence-electron chi connectivity index (χ3n) is 3.19. The Labute approximate surface area is 116 Å². The molecule has 0 aromatic heterocycles. The van der Waals surface area contributed by atoms with E-state index in [1.54, 1.807) is 6.92 Å². The molecule has 0 aliphatic rings. The number of carboxylic acids is 1. The molecule has 0 saturated carbocycles. The fraction of sp³-hybridized carbons (Fsp3) is 0.429. The molecule has 1 aromatic carbocycles. The molecule has 110 valence electrons. The molecule has 2 atom stereocenters. The van der Waals surface area contributed by atoms with Crippen molar-refractivity contribution in [3.63, 3.8) is 0 Å². The Bertz CT molecular complexity index is 504. The Morgan fingerprint density at radius 1 is 1.45 bits per heavy atom. The summed E-state index contributed by atoms with van der Waals surface area (Å²) in [6.07, 6.45) is 0.575. The minimum Gasteiger partial charge on any atom is -0.496 e. The van der Waals surface area contributed by atoms with Gasteiger partial charge in [0.05, 0.1) is 7.11 Å². The summed E-state index contributed by atoms with van der Waals surface area (Å²) in [6.45, 7) is 3.52. The van der Waals surface area contributed by atoms with Gasteiger partial charge in [0.15, 0.2) is 0 Å². The number of halogens is 1. The highest BCUT2D eigenvalue weighted by Gasteiger charge is 2.28. The van der Waals surface area contributed by atoms with Crippen LogP contribution in [0.1, 0.15) is 30.6 Å². The molecule has 0 saturated heterocycles. The smallest absolute Gasteiger partial charge is 0.326 e. The maximum Gasteiger partial charge on any atom is 0.326 e. The normalized spacial score (nSPS) is 13.4. The SMILES string of the molecule is CCC(C)[C@H](NC(=O)c1c(F)cccc1OC)C(=O)O. The van der Waals surface area contributed by atoms with E-state index < -0.39 is 23.7 Å². The Hall–Kier alpha value is -2.11. The molecule has 5 nitrogen and oxygen atoms in total. The van der Waals surface area contributed by atoms with Crippen LogP contribution < -0.4 is 10.1 Å². The van der Waals surface area contributed by atoms with Gasteiger partial charge in [0, 0.05) is 0 Å². The Morgan fingerprint density at radius 3 is 2.60 bits per heavy atom. The van der Waals surface area contributed by atoms with Gasteiger partial charge in [-0.1, -0.05) is 26.3 Å². The van der Waals surface area contributed by atoms with Crippen molar-refractivity contribution in [1.82, 2.24) is 5.32 Å². The van der Waals surface area contributed by atoms with Crippen molar-refractivity contribution in [2.45, 2.75) is 26.3 Å². The predicted molar refractivity (Wildman–Crippen MR) is 71.3 cm³/mol. The number of benzene rings is 1. The van der Waals surface area contributed by atoms with Crippen molar-refractivity contribution in [3.8, 4) is 5.75 Å². The van der Waals surface area contributed by atoms with Crippen molar-refractivity contribution < 1.29 is 23.8 Å². The first-order chi connectivity index (χ1) is 9.42. The van der Waals surface area contributed by atoms with E-state index in [4.69, 9.17) is 9.84 Å². The number of rotatable bonds is 6. The van der Waals surface area contributed by atoms with Gasteiger partial charge in [-0.25, -0.2) is 9.18 Å². The molecule has 1 aromatic rings. The van der Waals surface area contributed by atoms with Gasteiger partial charge in [-0.15, -0.1) is 0 Å². The van der Waals surface area contributed by atoms with Crippen LogP contribution in [0.5, 0.6) is 5.75 Å². The first-order valence-corrected chi connectivity index (χ1v) is 6.28. The monoisotopic (exact) mass is 283 g/mol. The first kappa shape index (κ1) is 15.9. The molecular weight excluding hydrogens is 265 g/mol. The number of aliphatic carboxylic acids is 1. The molecule has 0 heterocycles. The van der Waals surface area contributed by atoms with Crippen molar-refractivity contribution in [2.24, 2.45) is 5.92 Å². The lowest BCUT2D eigenvalue weighted by molar-refractivity contribution is -0.140. The van der Waals surface area contributed by atoms with E-state index in [1.165, 1.54) is 19.2 Å². The van der Waals surface area contributed by atoms with E-state index >= 15 is 0 Å². The average Bonchev–Trinajstić information content (AvgIpc) is 2.42. The van der Waals surface area contributed by atoms with Crippen LogP contribution in [0.3, 0.4) is 0 Å². The number of methoxy groups -OCH3 is 1. The third kappa shape index (κ3) is 3.46. The van der Waals surface area contributed by atoms with E-state index in [0.29, 0.717) is 6.42 Å². The third-order valence-corrected chi connectivity index (χ3v) is 3.19. The number of carboxylic acid groups (broad SMARTS) is 1. The summed E-state index contributed by atoms with van der Waals surface area (Å²) >= 11 is 0. The van der Waals surface area contributed by atoms with E-state index in [-0.39, 0.29) is 17.2 Å². The predicted octanol–water partition coefficient (Wildman–Crippen LogP) is 2.06. The molecule has 0 radical (unpaired) electrons. The second kappa shape index (κ2) is 6.88. The summed E-state index contributed by atoms with van der Waals surface area (Å²) in [5, 5.41) is 11.5. The zero-order valence-electron chi connectivity index (χ0n) is 11.6. The van der Waals surface area contributed by atoms with Crippen molar-refractivity contribution >= 4 is 11.9 Å². The van der Waals surface area contributed by atoms with Crippen LogP contribution in [0.2, 0.25) is 0 Å². The van der Waals surface area contributed by atoms with Gasteiger partial charge in [0.1, 0.15) is 23.2 Å². The molecule has 6 heteroatoms. The highest BCUT2D eigenvalue weighted by atomic mass is 19.1. The lowest BCUT2D eigenvalue weighted by Crippen LogP contribution is -2.45. The fourth-order valence-corrected chi connectivity index (χ4v) is 1.79. The number of nitrogens with one attached hydrogen (secondary N) is 1.